The molecule has 0 radical (unpaired) electrons. The predicted molar refractivity (Wildman–Crippen MR) is 144 cm³/mol. The van der Waals surface area contributed by atoms with Gasteiger partial charge in [-0.1, -0.05) is 44.2 Å². The Labute approximate surface area is 221 Å². The number of carbonyl (C=O) groups is 2. The summed E-state index contributed by atoms with van der Waals surface area (Å²) in [7, 11) is 1.63. The SMILES string of the molecule is COc1ccc(CNC(=O)N2CCC(c3nc(C)ccc3C(=O)Nc3nnc(C(C)(C)C)s3)CC2)cc1. The molecule has 10 heteroatoms. The highest BCUT2D eigenvalue weighted by Gasteiger charge is 2.28. The molecule has 0 aliphatic carbocycles. The van der Waals surface area contributed by atoms with Crippen LogP contribution in [0, 0.1) is 6.92 Å². The molecule has 3 amide bonds. The van der Waals surface area contributed by atoms with Crippen molar-refractivity contribution in [2.75, 3.05) is 25.5 Å². The Morgan fingerprint density at radius 2 is 1.78 bits per heavy atom. The number of rotatable bonds is 6. The Kier molecular flexibility index (Phi) is 8.06. The lowest BCUT2D eigenvalue weighted by Gasteiger charge is -2.32. The summed E-state index contributed by atoms with van der Waals surface area (Å²) in [5, 5.41) is 15.6. The minimum atomic E-state index is -0.237. The van der Waals surface area contributed by atoms with Crippen LogP contribution in [-0.4, -0.2) is 52.2 Å². The molecule has 3 aromatic rings. The van der Waals surface area contributed by atoms with Crippen LogP contribution >= 0.6 is 11.3 Å². The number of anilines is 1. The van der Waals surface area contributed by atoms with Crippen molar-refractivity contribution in [3.63, 3.8) is 0 Å². The number of piperidine rings is 1. The molecule has 0 bridgehead atoms. The average Bonchev–Trinajstić information content (AvgIpc) is 3.37. The number of methoxy groups -OCH3 is 1. The van der Waals surface area contributed by atoms with Crippen LogP contribution in [0.1, 0.15) is 71.8 Å². The summed E-state index contributed by atoms with van der Waals surface area (Å²) in [5.74, 6) is 0.637. The van der Waals surface area contributed by atoms with Crippen molar-refractivity contribution in [3.8, 4) is 5.75 Å². The van der Waals surface area contributed by atoms with Gasteiger partial charge in [0.15, 0.2) is 0 Å². The number of urea groups is 1. The molecule has 196 valence electrons. The summed E-state index contributed by atoms with van der Waals surface area (Å²) in [6.07, 6.45) is 1.47. The fraction of sp³-hybridized carbons (Fsp3) is 0.444. The zero-order valence-corrected chi connectivity index (χ0v) is 22.8. The highest BCUT2D eigenvalue weighted by molar-refractivity contribution is 7.15. The van der Waals surface area contributed by atoms with E-state index in [4.69, 9.17) is 9.72 Å². The molecule has 0 unspecified atom stereocenters. The van der Waals surface area contributed by atoms with E-state index in [1.165, 1.54) is 11.3 Å². The van der Waals surface area contributed by atoms with Gasteiger partial charge in [0.05, 0.1) is 18.4 Å². The van der Waals surface area contributed by atoms with Gasteiger partial charge in [-0.25, -0.2) is 4.79 Å². The lowest BCUT2D eigenvalue weighted by atomic mass is 9.90. The van der Waals surface area contributed by atoms with E-state index >= 15 is 0 Å². The molecule has 9 nitrogen and oxygen atoms in total. The van der Waals surface area contributed by atoms with E-state index in [9.17, 15) is 9.59 Å². The normalized spacial score (nSPS) is 14.4. The van der Waals surface area contributed by atoms with Gasteiger partial charge in [-0.2, -0.15) is 0 Å². The summed E-state index contributed by atoms with van der Waals surface area (Å²) in [6, 6.07) is 11.2. The lowest BCUT2D eigenvalue weighted by molar-refractivity contribution is 0.102. The van der Waals surface area contributed by atoms with Gasteiger partial charge < -0.3 is 15.0 Å². The minimum absolute atomic E-state index is 0.0876. The Hall–Kier alpha value is -3.53. The predicted octanol–water partition coefficient (Wildman–Crippen LogP) is 4.89. The molecule has 0 spiro atoms. The van der Waals surface area contributed by atoms with Crippen molar-refractivity contribution in [2.24, 2.45) is 0 Å². The first-order valence-electron chi connectivity index (χ1n) is 12.4. The monoisotopic (exact) mass is 522 g/mol. The van der Waals surface area contributed by atoms with Gasteiger partial charge in [0.2, 0.25) is 5.13 Å². The summed E-state index contributed by atoms with van der Waals surface area (Å²) in [4.78, 5) is 32.5. The number of hydrogen-bond donors (Lipinski definition) is 2. The van der Waals surface area contributed by atoms with Gasteiger partial charge in [0.1, 0.15) is 10.8 Å². The Morgan fingerprint density at radius 1 is 1.08 bits per heavy atom. The zero-order valence-electron chi connectivity index (χ0n) is 22.0. The molecule has 37 heavy (non-hydrogen) atoms. The van der Waals surface area contributed by atoms with Gasteiger partial charge in [-0.15, -0.1) is 10.2 Å². The van der Waals surface area contributed by atoms with E-state index in [2.05, 4.69) is 41.6 Å². The standard InChI is InChI=1S/C27H34N6O3S/c1-17-6-11-21(23(34)30-25-32-31-24(37-25)27(2,3)4)22(29-17)19-12-14-33(15-13-19)26(35)28-16-18-7-9-20(36-5)10-8-18/h6-11,19H,12-16H2,1-5H3,(H,28,35)(H,30,32,34). The molecule has 4 rings (SSSR count). The molecule has 1 fully saturated rings. The number of nitrogens with one attached hydrogen (secondary N) is 2. The number of amides is 3. The molecule has 2 N–H and O–H groups in total. The molecule has 1 aliphatic rings. The fourth-order valence-electron chi connectivity index (χ4n) is 4.21. The molecule has 1 aliphatic heterocycles. The number of aromatic nitrogens is 3. The fourth-order valence-corrected chi connectivity index (χ4v) is 5.01. The quantitative estimate of drug-likeness (QED) is 0.477. The summed E-state index contributed by atoms with van der Waals surface area (Å²) in [5.41, 5.74) is 3.05. The smallest absolute Gasteiger partial charge is 0.317 e. The van der Waals surface area contributed by atoms with Crippen LogP contribution in [0.3, 0.4) is 0 Å². The molecular formula is C27H34N6O3S. The Morgan fingerprint density at radius 3 is 2.41 bits per heavy atom. The van der Waals surface area contributed by atoms with E-state index in [-0.39, 0.29) is 23.3 Å². The highest BCUT2D eigenvalue weighted by atomic mass is 32.1. The van der Waals surface area contributed by atoms with Crippen LogP contribution in [0.15, 0.2) is 36.4 Å². The maximum atomic E-state index is 13.2. The van der Waals surface area contributed by atoms with E-state index < -0.39 is 0 Å². The Balaban J connectivity index is 1.37. The second-order valence-corrected chi connectivity index (χ2v) is 11.2. The third-order valence-electron chi connectivity index (χ3n) is 6.37. The molecule has 0 atom stereocenters. The van der Waals surface area contributed by atoms with Crippen LogP contribution < -0.4 is 15.4 Å². The molecule has 1 saturated heterocycles. The van der Waals surface area contributed by atoms with Crippen molar-refractivity contribution in [2.45, 2.75) is 58.4 Å². The first-order chi connectivity index (χ1) is 17.6. The van der Waals surface area contributed by atoms with Gasteiger partial charge in [-0.3, -0.25) is 15.1 Å². The number of benzene rings is 1. The summed E-state index contributed by atoms with van der Waals surface area (Å²) >= 11 is 1.38. The molecule has 1 aromatic carbocycles. The third kappa shape index (κ3) is 6.62. The van der Waals surface area contributed by atoms with Gasteiger partial charge in [0, 0.05) is 36.7 Å². The molecule has 2 aromatic heterocycles. The summed E-state index contributed by atoms with van der Waals surface area (Å²) < 4.78 is 5.18. The number of ether oxygens (including phenoxy) is 1. The topological polar surface area (TPSA) is 109 Å². The molecular weight excluding hydrogens is 488 g/mol. The third-order valence-corrected chi connectivity index (χ3v) is 7.63. The number of carbonyl (C=O) groups excluding carboxylic acids is 2. The first kappa shape index (κ1) is 26.5. The zero-order chi connectivity index (χ0) is 26.6. The van der Waals surface area contributed by atoms with Crippen LogP contribution in [-0.2, 0) is 12.0 Å². The number of likely N-dealkylation sites (tertiary alicyclic amines) is 1. The Bertz CT molecular complexity index is 1240. The van der Waals surface area contributed by atoms with Crippen LogP contribution in [0.2, 0.25) is 0 Å². The number of aryl methyl sites for hydroxylation is 1. The number of pyridine rings is 1. The van der Waals surface area contributed by atoms with Crippen molar-refractivity contribution < 1.29 is 14.3 Å². The minimum Gasteiger partial charge on any atom is -0.497 e. The van der Waals surface area contributed by atoms with E-state index in [1.807, 2.05) is 48.2 Å². The van der Waals surface area contributed by atoms with Crippen molar-refractivity contribution in [1.82, 2.24) is 25.4 Å². The average molecular weight is 523 g/mol. The highest BCUT2D eigenvalue weighted by Crippen LogP contribution is 2.31. The van der Waals surface area contributed by atoms with Crippen LogP contribution in [0.5, 0.6) is 5.75 Å². The maximum Gasteiger partial charge on any atom is 0.317 e. The first-order valence-corrected chi connectivity index (χ1v) is 13.2. The van der Waals surface area contributed by atoms with Crippen molar-refractivity contribution >= 4 is 28.4 Å². The number of nitrogens with zero attached hydrogens (tertiary/aromatic N) is 4. The largest absolute Gasteiger partial charge is 0.497 e. The molecule has 0 saturated carbocycles. The number of hydrogen-bond acceptors (Lipinski definition) is 7. The van der Waals surface area contributed by atoms with Crippen LogP contribution in [0.4, 0.5) is 9.93 Å². The lowest BCUT2D eigenvalue weighted by Crippen LogP contribution is -2.44. The van der Waals surface area contributed by atoms with Gasteiger partial charge in [0.25, 0.3) is 5.91 Å². The van der Waals surface area contributed by atoms with Crippen LogP contribution in [0.25, 0.3) is 0 Å². The van der Waals surface area contributed by atoms with Crippen molar-refractivity contribution in [1.29, 1.82) is 0 Å². The molecule has 3 heterocycles. The van der Waals surface area contributed by atoms with Gasteiger partial charge >= 0.3 is 6.03 Å². The summed E-state index contributed by atoms with van der Waals surface area (Å²) in [6.45, 7) is 9.76. The second-order valence-electron chi connectivity index (χ2n) is 10.3. The van der Waals surface area contributed by atoms with E-state index in [1.54, 1.807) is 7.11 Å². The second kappa shape index (κ2) is 11.2. The maximum absolute atomic E-state index is 13.2. The van der Waals surface area contributed by atoms with E-state index in [0.29, 0.717) is 30.3 Å². The van der Waals surface area contributed by atoms with Crippen molar-refractivity contribution in [3.05, 3.63) is 63.9 Å². The van der Waals surface area contributed by atoms with Gasteiger partial charge in [-0.05, 0) is 49.6 Å². The van der Waals surface area contributed by atoms with E-state index in [0.717, 1.165) is 40.6 Å².